The lowest BCUT2D eigenvalue weighted by molar-refractivity contribution is 0.137. The molecular formula is C15H18BrN3O. The van der Waals surface area contributed by atoms with Gasteiger partial charge in [0.05, 0.1) is 6.54 Å². The Labute approximate surface area is 127 Å². The zero-order chi connectivity index (χ0) is 13.9. The number of hydrogen-bond acceptors (Lipinski definition) is 4. The first-order chi connectivity index (χ1) is 9.70. The highest BCUT2D eigenvalue weighted by molar-refractivity contribution is 9.10. The SMILES string of the molecule is CN1CCN(Cc2cc(-c3ccc(Br)cc3)no2)CC1. The van der Waals surface area contributed by atoms with Crippen LogP contribution in [-0.2, 0) is 6.54 Å². The Morgan fingerprint density at radius 1 is 1.15 bits per heavy atom. The third-order valence-corrected chi connectivity index (χ3v) is 4.20. The number of halogens is 1. The summed E-state index contributed by atoms with van der Waals surface area (Å²) < 4.78 is 6.53. The highest BCUT2D eigenvalue weighted by Gasteiger charge is 2.16. The molecule has 0 unspecified atom stereocenters. The van der Waals surface area contributed by atoms with Crippen molar-refractivity contribution in [2.75, 3.05) is 33.2 Å². The van der Waals surface area contributed by atoms with Crippen LogP contribution in [0.2, 0.25) is 0 Å². The van der Waals surface area contributed by atoms with E-state index in [2.05, 4.69) is 37.9 Å². The molecule has 4 nitrogen and oxygen atoms in total. The molecule has 2 aromatic rings. The first kappa shape index (κ1) is 13.8. The summed E-state index contributed by atoms with van der Waals surface area (Å²) in [4.78, 5) is 4.76. The van der Waals surface area contributed by atoms with Crippen LogP contribution in [0.3, 0.4) is 0 Å². The van der Waals surface area contributed by atoms with Crippen molar-refractivity contribution in [3.05, 3.63) is 40.6 Å². The van der Waals surface area contributed by atoms with Gasteiger partial charge in [0.25, 0.3) is 0 Å². The van der Waals surface area contributed by atoms with E-state index in [4.69, 9.17) is 4.52 Å². The third-order valence-electron chi connectivity index (χ3n) is 3.67. The molecule has 1 fully saturated rings. The minimum absolute atomic E-state index is 0.845. The monoisotopic (exact) mass is 335 g/mol. The normalized spacial score (nSPS) is 17.5. The Kier molecular flexibility index (Phi) is 4.19. The summed E-state index contributed by atoms with van der Waals surface area (Å²) in [6.07, 6.45) is 0. The number of rotatable bonds is 3. The van der Waals surface area contributed by atoms with E-state index in [1.54, 1.807) is 0 Å². The van der Waals surface area contributed by atoms with Crippen molar-refractivity contribution < 1.29 is 4.52 Å². The van der Waals surface area contributed by atoms with Gasteiger partial charge in [-0.05, 0) is 19.2 Å². The Morgan fingerprint density at radius 2 is 1.85 bits per heavy atom. The van der Waals surface area contributed by atoms with Gasteiger partial charge in [-0.3, -0.25) is 4.90 Å². The molecule has 3 rings (SSSR count). The van der Waals surface area contributed by atoms with Gasteiger partial charge in [-0.2, -0.15) is 0 Å². The molecule has 1 saturated heterocycles. The topological polar surface area (TPSA) is 32.5 Å². The number of benzene rings is 1. The average molecular weight is 336 g/mol. The smallest absolute Gasteiger partial charge is 0.151 e. The second kappa shape index (κ2) is 6.08. The maximum absolute atomic E-state index is 5.46. The van der Waals surface area contributed by atoms with E-state index in [0.29, 0.717) is 0 Å². The molecule has 0 aliphatic carbocycles. The molecule has 0 atom stereocenters. The molecule has 0 spiro atoms. The van der Waals surface area contributed by atoms with Crippen LogP contribution in [0.5, 0.6) is 0 Å². The molecule has 0 radical (unpaired) electrons. The molecule has 5 heteroatoms. The van der Waals surface area contributed by atoms with Crippen molar-refractivity contribution in [3.63, 3.8) is 0 Å². The standard InChI is InChI=1S/C15H18BrN3O/c1-18-6-8-19(9-7-18)11-14-10-15(17-20-14)12-2-4-13(16)5-3-12/h2-5,10H,6-9,11H2,1H3. The van der Waals surface area contributed by atoms with E-state index in [0.717, 1.165) is 54.2 Å². The summed E-state index contributed by atoms with van der Waals surface area (Å²) in [5.74, 6) is 0.937. The van der Waals surface area contributed by atoms with Crippen LogP contribution < -0.4 is 0 Å². The Balaban J connectivity index is 1.66. The van der Waals surface area contributed by atoms with Crippen LogP contribution in [0.25, 0.3) is 11.3 Å². The van der Waals surface area contributed by atoms with E-state index in [-0.39, 0.29) is 0 Å². The lowest BCUT2D eigenvalue weighted by Gasteiger charge is -2.31. The van der Waals surface area contributed by atoms with Crippen LogP contribution in [0, 0.1) is 0 Å². The zero-order valence-corrected chi connectivity index (χ0v) is 13.1. The fourth-order valence-corrected chi connectivity index (χ4v) is 2.63. The van der Waals surface area contributed by atoms with Gasteiger partial charge in [-0.1, -0.05) is 33.2 Å². The van der Waals surface area contributed by atoms with Gasteiger partial charge in [0.15, 0.2) is 5.76 Å². The number of nitrogens with zero attached hydrogens (tertiary/aromatic N) is 3. The molecular weight excluding hydrogens is 318 g/mol. The third kappa shape index (κ3) is 3.29. The summed E-state index contributed by atoms with van der Waals surface area (Å²) in [6.45, 7) is 5.26. The molecule has 1 aromatic carbocycles. The van der Waals surface area contributed by atoms with Gasteiger partial charge in [-0.25, -0.2) is 0 Å². The first-order valence-electron chi connectivity index (χ1n) is 6.83. The summed E-state index contributed by atoms with van der Waals surface area (Å²) in [7, 11) is 2.16. The van der Waals surface area contributed by atoms with Crippen LogP contribution in [0.1, 0.15) is 5.76 Å². The van der Waals surface area contributed by atoms with Crippen LogP contribution in [0.15, 0.2) is 39.3 Å². The highest BCUT2D eigenvalue weighted by Crippen LogP contribution is 2.22. The van der Waals surface area contributed by atoms with Crippen molar-refractivity contribution in [1.29, 1.82) is 0 Å². The number of hydrogen-bond donors (Lipinski definition) is 0. The largest absolute Gasteiger partial charge is 0.359 e. The predicted molar refractivity (Wildman–Crippen MR) is 82.4 cm³/mol. The second-order valence-corrected chi connectivity index (χ2v) is 6.18. The van der Waals surface area contributed by atoms with E-state index in [1.807, 2.05) is 30.3 Å². The van der Waals surface area contributed by atoms with Crippen molar-refractivity contribution in [2.24, 2.45) is 0 Å². The van der Waals surface area contributed by atoms with E-state index < -0.39 is 0 Å². The van der Waals surface area contributed by atoms with E-state index >= 15 is 0 Å². The van der Waals surface area contributed by atoms with Gasteiger partial charge in [0.2, 0.25) is 0 Å². The summed E-state index contributed by atoms with van der Waals surface area (Å²) in [6, 6.07) is 10.2. The number of likely N-dealkylation sites (N-methyl/N-ethyl adjacent to an activating group) is 1. The summed E-state index contributed by atoms with van der Waals surface area (Å²) in [5.41, 5.74) is 1.99. The lowest BCUT2D eigenvalue weighted by Crippen LogP contribution is -2.43. The maximum Gasteiger partial charge on any atom is 0.151 e. The number of aromatic nitrogens is 1. The van der Waals surface area contributed by atoms with E-state index in [1.165, 1.54) is 0 Å². The van der Waals surface area contributed by atoms with Gasteiger partial charge >= 0.3 is 0 Å². The van der Waals surface area contributed by atoms with Gasteiger partial charge < -0.3 is 9.42 Å². The minimum Gasteiger partial charge on any atom is -0.359 e. The molecule has 1 aliphatic heterocycles. The molecule has 20 heavy (non-hydrogen) atoms. The van der Waals surface area contributed by atoms with Gasteiger partial charge in [-0.15, -0.1) is 0 Å². The maximum atomic E-state index is 5.46. The van der Waals surface area contributed by atoms with E-state index in [9.17, 15) is 0 Å². The summed E-state index contributed by atoms with van der Waals surface area (Å²) >= 11 is 3.44. The molecule has 0 saturated carbocycles. The van der Waals surface area contributed by atoms with Crippen molar-refractivity contribution in [2.45, 2.75) is 6.54 Å². The summed E-state index contributed by atoms with van der Waals surface area (Å²) in [5, 5.41) is 4.17. The average Bonchev–Trinajstić information content (AvgIpc) is 2.91. The Bertz CT molecular complexity index is 559. The first-order valence-corrected chi connectivity index (χ1v) is 7.62. The van der Waals surface area contributed by atoms with Crippen LogP contribution >= 0.6 is 15.9 Å². The molecule has 2 heterocycles. The predicted octanol–water partition coefficient (Wildman–Crippen LogP) is 2.85. The molecule has 0 bridgehead atoms. The quantitative estimate of drug-likeness (QED) is 0.863. The van der Waals surface area contributed by atoms with Gasteiger partial charge in [0, 0.05) is 42.3 Å². The van der Waals surface area contributed by atoms with Crippen LogP contribution in [-0.4, -0.2) is 48.2 Å². The molecule has 1 aliphatic rings. The van der Waals surface area contributed by atoms with Crippen molar-refractivity contribution in [3.8, 4) is 11.3 Å². The highest BCUT2D eigenvalue weighted by atomic mass is 79.9. The number of piperazine rings is 1. The molecule has 0 N–H and O–H groups in total. The van der Waals surface area contributed by atoms with Crippen LogP contribution in [0.4, 0.5) is 0 Å². The zero-order valence-electron chi connectivity index (χ0n) is 11.6. The fourth-order valence-electron chi connectivity index (χ4n) is 2.37. The van der Waals surface area contributed by atoms with Gasteiger partial charge in [0.1, 0.15) is 5.69 Å². The fraction of sp³-hybridized carbons (Fsp3) is 0.400. The molecule has 106 valence electrons. The molecule has 1 aromatic heterocycles. The Hall–Kier alpha value is -1.17. The molecule has 0 amide bonds. The lowest BCUT2D eigenvalue weighted by atomic mass is 10.1. The second-order valence-electron chi connectivity index (χ2n) is 5.26. The minimum atomic E-state index is 0.845. The Morgan fingerprint density at radius 3 is 2.55 bits per heavy atom. The van der Waals surface area contributed by atoms with Crippen molar-refractivity contribution in [1.82, 2.24) is 15.0 Å². The van der Waals surface area contributed by atoms with Crippen molar-refractivity contribution >= 4 is 15.9 Å².